The Balaban J connectivity index is 2.22. The predicted molar refractivity (Wildman–Crippen MR) is 88.2 cm³/mol. The molecular weight excluding hydrogens is 341 g/mol. The van der Waals surface area contributed by atoms with Crippen LogP contribution in [0.5, 0.6) is 0 Å². The molecule has 1 aromatic carbocycles. The highest BCUT2D eigenvalue weighted by atomic mass is 35.5. The van der Waals surface area contributed by atoms with E-state index in [1.54, 1.807) is 0 Å². The lowest BCUT2D eigenvalue weighted by atomic mass is 9.72. The lowest BCUT2D eigenvalue weighted by Gasteiger charge is -2.38. The molecule has 1 heterocycles. The highest BCUT2D eigenvalue weighted by molar-refractivity contribution is 6.31. The van der Waals surface area contributed by atoms with Crippen LogP contribution in [-0.4, -0.2) is 31.2 Å². The fraction of sp³-hybridized carbons (Fsp3) is 0.588. The Labute approximate surface area is 145 Å². The first-order chi connectivity index (χ1) is 11.1. The average Bonchev–Trinajstić information content (AvgIpc) is 2.49. The van der Waals surface area contributed by atoms with Crippen LogP contribution in [0.3, 0.4) is 0 Å². The maximum absolute atomic E-state index is 12.7. The second-order valence-corrected chi connectivity index (χ2v) is 6.94. The van der Waals surface area contributed by atoms with Crippen LogP contribution < -0.4 is 10.6 Å². The predicted octanol–water partition coefficient (Wildman–Crippen LogP) is 3.73. The number of amides is 1. The molecule has 2 N–H and O–H groups in total. The summed E-state index contributed by atoms with van der Waals surface area (Å²) in [6.07, 6.45) is -2.86. The molecular formula is C17H22ClF3N2O. The quantitative estimate of drug-likeness (QED) is 0.857. The van der Waals surface area contributed by atoms with Crippen LogP contribution >= 0.6 is 11.6 Å². The van der Waals surface area contributed by atoms with Crippen LogP contribution in [0.15, 0.2) is 18.2 Å². The molecule has 0 bridgehead atoms. The van der Waals surface area contributed by atoms with Gasteiger partial charge in [0.15, 0.2) is 0 Å². The van der Waals surface area contributed by atoms with Gasteiger partial charge in [-0.05, 0) is 50.4 Å². The van der Waals surface area contributed by atoms with Gasteiger partial charge in [-0.15, -0.1) is 0 Å². The van der Waals surface area contributed by atoms with E-state index < -0.39 is 23.5 Å². The molecule has 0 spiro atoms. The third-order valence-electron chi connectivity index (χ3n) is 4.62. The van der Waals surface area contributed by atoms with E-state index in [-0.39, 0.29) is 6.42 Å². The summed E-state index contributed by atoms with van der Waals surface area (Å²) in [6.45, 7) is 4.21. The topological polar surface area (TPSA) is 41.1 Å². The Bertz CT molecular complexity index is 598. The van der Waals surface area contributed by atoms with E-state index in [2.05, 4.69) is 10.6 Å². The maximum Gasteiger partial charge on any atom is 0.408 e. The van der Waals surface area contributed by atoms with Gasteiger partial charge in [0.1, 0.15) is 6.04 Å². The van der Waals surface area contributed by atoms with E-state index in [9.17, 15) is 18.0 Å². The van der Waals surface area contributed by atoms with Crippen molar-refractivity contribution in [3.8, 4) is 0 Å². The first-order valence-corrected chi connectivity index (χ1v) is 8.35. The summed E-state index contributed by atoms with van der Waals surface area (Å²) < 4.78 is 38.0. The van der Waals surface area contributed by atoms with Gasteiger partial charge in [-0.1, -0.05) is 23.7 Å². The van der Waals surface area contributed by atoms with Gasteiger partial charge in [0.2, 0.25) is 5.91 Å². The summed E-state index contributed by atoms with van der Waals surface area (Å²) >= 11 is 6.21. The van der Waals surface area contributed by atoms with Crippen LogP contribution in [0.1, 0.15) is 37.3 Å². The van der Waals surface area contributed by atoms with E-state index in [1.165, 1.54) is 0 Å². The molecule has 1 amide bonds. The summed E-state index contributed by atoms with van der Waals surface area (Å²) in [4.78, 5) is 12.2. The summed E-state index contributed by atoms with van der Waals surface area (Å²) in [6, 6.07) is 3.75. The Morgan fingerprint density at radius 1 is 1.46 bits per heavy atom. The minimum absolute atomic E-state index is 0.000189. The molecule has 0 aromatic heterocycles. The fourth-order valence-corrected chi connectivity index (χ4v) is 3.25. The number of carbonyl (C=O) groups excluding carboxylic acids is 1. The van der Waals surface area contributed by atoms with Crippen molar-refractivity contribution in [1.29, 1.82) is 0 Å². The summed E-state index contributed by atoms with van der Waals surface area (Å²) in [5.41, 5.74) is 1.28. The molecule has 3 nitrogen and oxygen atoms in total. The highest BCUT2D eigenvalue weighted by Gasteiger charge is 2.40. The molecule has 24 heavy (non-hydrogen) atoms. The lowest BCUT2D eigenvalue weighted by Crippen LogP contribution is -2.49. The van der Waals surface area contributed by atoms with E-state index in [0.717, 1.165) is 37.4 Å². The number of nitrogens with one attached hydrogen (secondary N) is 2. The van der Waals surface area contributed by atoms with Crippen molar-refractivity contribution in [2.75, 3.05) is 13.1 Å². The zero-order valence-corrected chi connectivity index (χ0v) is 14.5. The minimum Gasteiger partial charge on any atom is -0.345 e. The number of piperidine rings is 1. The van der Waals surface area contributed by atoms with Crippen molar-refractivity contribution in [1.82, 2.24) is 10.6 Å². The maximum atomic E-state index is 12.7. The molecule has 1 aliphatic heterocycles. The van der Waals surface area contributed by atoms with Gasteiger partial charge >= 0.3 is 6.18 Å². The van der Waals surface area contributed by atoms with Gasteiger partial charge in [-0.3, -0.25) is 4.79 Å². The van der Waals surface area contributed by atoms with Crippen LogP contribution in [-0.2, 0) is 10.2 Å². The smallest absolute Gasteiger partial charge is 0.345 e. The number of alkyl halides is 3. The molecule has 1 aliphatic rings. The number of carbonyl (C=O) groups is 1. The average molecular weight is 363 g/mol. The van der Waals surface area contributed by atoms with Crippen molar-refractivity contribution in [3.05, 3.63) is 34.3 Å². The monoisotopic (exact) mass is 362 g/mol. The van der Waals surface area contributed by atoms with Crippen molar-refractivity contribution in [2.45, 2.75) is 50.7 Å². The first kappa shape index (κ1) is 19.1. The van der Waals surface area contributed by atoms with E-state index in [0.29, 0.717) is 11.6 Å². The molecule has 2 atom stereocenters. The largest absolute Gasteiger partial charge is 0.408 e. The SMILES string of the molecule is Cc1ccc([C@@]2(CC(=O)N[C@@H](C)C(F)(F)F)CCCNC2)cc1Cl. The number of halogens is 4. The summed E-state index contributed by atoms with van der Waals surface area (Å²) in [5, 5.41) is 5.91. The number of aryl methyl sites for hydroxylation is 1. The minimum atomic E-state index is -4.44. The van der Waals surface area contributed by atoms with E-state index in [1.807, 2.05) is 25.1 Å². The number of hydrogen-bond donors (Lipinski definition) is 2. The molecule has 0 unspecified atom stereocenters. The van der Waals surface area contributed by atoms with Crippen molar-refractivity contribution in [3.63, 3.8) is 0 Å². The lowest BCUT2D eigenvalue weighted by molar-refractivity contribution is -0.158. The third kappa shape index (κ3) is 4.42. The second-order valence-electron chi connectivity index (χ2n) is 6.53. The number of rotatable bonds is 4. The Morgan fingerprint density at radius 2 is 2.17 bits per heavy atom. The summed E-state index contributed by atoms with van der Waals surface area (Å²) in [5.74, 6) is -0.597. The van der Waals surface area contributed by atoms with Crippen LogP contribution in [0, 0.1) is 6.92 Å². The van der Waals surface area contributed by atoms with Gasteiger partial charge in [0, 0.05) is 23.4 Å². The normalized spacial score (nSPS) is 22.9. The summed E-state index contributed by atoms with van der Waals surface area (Å²) in [7, 11) is 0. The molecule has 2 rings (SSSR count). The molecule has 1 aromatic rings. The number of hydrogen-bond acceptors (Lipinski definition) is 2. The molecule has 1 saturated heterocycles. The van der Waals surface area contributed by atoms with Crippen LogP contribution in [0.4, 0.5) is 13.2 Å². The Kier molecular flexibility index (Phi) is 5.81. The third-order valence-corrected chi connectivity index (χ3v) is 5.03. The standard InChI is InChI=1S/C17H22ClF3N2O/c1-11-4-5-13(8-14(11)18)16(6-3-7-22-10-16)9-15(24)23-12(2)17(19,20)21/h4-5,8,12,22H,3,6-7,9-10H2,1-2H3,(H,23,24)/t12-,16+/m0/s1. The van der Waals surface area contributed by atoms with Crippen LogP contribution in [0.2, 0.25) is 5.02 Å². The molecule has 0 saturated carbocycles. The van der Waals surface area contributed by atoms with Crippen molar-refractivity contribution in [2.24, 2.45) is 0 Å². The first-order valence-electron chi connectivity index (χ1n) is 7.97. The van der Waals surface area contributed by atoms with Gasteiger partial charge in [-0.25, -0.2) is 0 Å². The van der Waals surface area contributed by atoms with Gasteiger partial charge in [0.05, 0.1) is 0 Å². The molecule has 0 aliphatic carbocycles. The molecule has 134 valence electrons. The van der Waals surface area contributed by atoms with E-state index in [4.69, 9.17) is 11.6 Å². The molecule has 1 fully saturated rings. The Hall–Kier alpha value is -1.27. The van der Waals surface area contributed by atoms with Crippen LogP contribution in [0.25, 0.3) is 0 Å². The fourth-order valence-electron chi connectivity index (χ4n) is 3.07. The second kappa shape index (κ2) is 7.31. The molecule has 7 heteroatoms. The van der Waals surface area contributed by atoms with Gasteiger partial charge in [0.25, 0.3) is 0 Å². The number of benzene rings is 1. The van der Waals surface area contributed by atoms with Gasteiger partial charge in [-0.2, -0.15) is 13.2 Å². The van der Waals surface area contributed by atoms with E-state index >= 15 is 0 Å². The van der Waals surface area contributed by atoms with Crippen molar-refractivity contribution >= 4 is 17.5 Å². The zero-order valence-electron chi connectivity index (χ0n) is 13.8. The van der Waals surface area contributed by atoms with Crippen molar-refractivity contribution < 1.29 is 18.0 Å². The highest BCUT2D eigenvalue weighted by Crippen LogP contribution is 2.36. The zero-order chi connectivity index (χ0) is 18.0. The molecule has 0 radical (unpaired) electrons. The Morgan fingerprint density at radius 3 is 2.71 bits per heavy atom. The van der Waals surface area contributed by atoms with Gasteiger partial charge < -0.3 is 10.6 Å².